The molecule has 0 aliphatic carbocycles. The van der Waals surface area contributed by atoms with Gasteiger partial charge in [-0.05, 0) is 30.3 Å². The first-order valence-corrected chi connectivity index (χ1v) is 6.62. The number of hydrogen-bond donors (Lipinski definition) is 1. The third-order valence-corrected chi connectivity index (χ3v) is 3.70. The van der Waals surface area contributed by atoms with Crippen LogP contribution in [0.1, 0.15) is 10.4 Å². The third-order valence-electron chi connectivity index (χ3n) is 2.43. The zero-order chi connectivity index (χ0) is 14.7. The van der Waals surface area contributed by atoms with Gasteiger partial charge in [-0.3, -0.25) is 10.1 Å². The van der Waals surface area contributed by atoms with Gasteiger partial charge in [0.1, 0.15) is 0 Å². The molecule has 102 valence electrons. The van der Waals surface area contributed by atoms with Crippen LogP contribution in [-0.2, 0) is 0 Å². The van der Waals surface area contributed by atoms with Crippen molar-refractivity contribution in [2.45, 2.75) is 9.79 Å². The minimum Gasteiger partial charge on any atom is -0.478 e. The van der Waals surface area contributed by atoms with E-state index < -0.39 is 10.9 Å². The largest absolute Gasteiger partial charge is 0.478 e. The van der Waals surface area contributed by atoms with Crippen LogP contribution in [0.5, 0.6) is 0 Å². The average Bonchev–Trinajstić information content (AvgIpc) is 2.38. The van der Waals surface area contributed by atoms with Gasteiger partial charge in [-0.25, -0.2) is 4.79 Å². The summed E-state index contributed by atoms with van der Waals surface area (Å²) in [6.07, 6.45) is 0. The highest BCUT2D eigenvalue weighted by Crippen LogP contribution is 2.36. The van der Waals surface area contributed by atoms with Gasteiger partial charge in [0, 0.05) is 16.0 Å². The van der Waals surface area contributed by atoms with E-state index in [1.165, 1.54) is 18.2 Å². The van der Waals surface area contributed by atoms with Gasteiger partial charge in [-0.2, -0.15) is 0 Å². The van der Waals surface area contributed by atoms with E-state index in [9.17, 15) is 14.9 Å². The summed E-state index contributed by atoms with van der Waals surface area (Å²) in [6.45, 7) is 0. The summed E-state index contributed by atoms with van der Waals surface area (Å²) in [5, 5.41) is 20.4. The summed E-state index contributed by atoms with van der Waals surface area (Å²) in [7, 11) is 0. The number of carboxylic acids is 1. The zero-order valence-electron chi connectivity index (χ0n) is 9.95. The van der Waals surface area contributed by atoms with Crippen molar-refractivity contribution in [1.29, 1.82) is 0 Å². The van der Waals surface area contributed by atoms with E-state index in [2.05, 4.69) is 0 Å². The maximum absolute atomic E-state index is 11.0. The summed E-state index contributed by atoms with van der Waals surface area (Å²) in [6, 6.07) is 10.5. The predicted octanol–water partition coefficient (Wildman–Crippen LogP) is 4.10. The van der Waals surface area contributed by atoms with Crippen LogP contribution < -0.4 is 0 Å². The molecule has 0 heterocycles. The van der Waals surface area contributed by atoms with E-state index in [1.54, 1.807) is 24.3 Å². The van der Waals surface area contributed by atoms with Crippen LogP contribution in [0.2, 0.25) is 5.02 Å². The van der Waals surface area contributed by atoms with Crippen LogP contribution in [0.4, 0.5) is 5.69 Å². The summed E-state index contributed by atoms with van der Waals surface area (Å²) >= 11 is 6.95. The smallest absolute Gasteiger partial charge is 0.335 e. The molecule has 5 nitrogen and oxygen atoms in total. The molecule has 0 aliphatic heterocycles. The zero-order valence-corrected chi connectivity index (χ0v) is 11.5. The van der Waals surface area contributed by atoms with Gasteiger partial charge in [-0.15, -0.1) is 0 Å². The highest BCUT2D eigenvalue weighted by molar-refractivity contribution is 7.99. The van der Waals surface area contributed by atoms with Crippen molar-refractivity contribution < 1.29 is 14.8 Å². The molecule has 0 saturated carbocycles. The first-order chi connectivity index (χ1) is 9.47. The number of hydrogen-bond acceptors (Lipinski definition) is 4. The normalized spacial score (nSPS) is 10.2. The van der Waals surface area contributed by atoms with Crippen molar-refractivity contribution in [3.63, 3.8) is 0 Å². The van der Waals surface area contributed by atoms with Crippen molar-refractivity contribution >= 4 is 35.0 Å². The summed E-state index contributed by atoms with van der Waals surface area (Å²) in [5.41, 5.74) is -0.139. The number of nitro benzene ring substituents is 1. The van der Waals surface area contributed by atoms with Crippen LogP contribution in [0.3, 0.4) is 0 Å². The molecular formula is C13H8ClNO4S. The van der Waals surface area contributed by atoms with Crippen LogP contribution in [-0.4, -0.2) is 16.0 Å². The van der Waals surface area contributed by atoms with Gasteiger partial charge in [-0.1, -0.05) is 29.4 Å². The lowest BCUT2D eigenvalue weighted by Crippen LogP contribution is -1.98. The van der Waals surface area contributed by atoms with E-state index in [-0.39, 0.29) is 16.1 Å². The monoisotopic (exact) mass is 309 g/mol. The van der Waals surface area contributed by atoms with Crippen molar-refractivity contribution in [1.82, 2.24) is 0 Å². The Morgan fingerprint density at radius 2 is 2.00 bits per heavy atom. The Kier molecular flexibility index (Phi) is 4.26. The Morgan fingerprint density at radius 1 is 1.25 bits per heavy atom. The van der Waals surface area contributed by atoms with E-state index >= 15 is 0 Å². The van der Waals surface area contributed by atoms with E-state index in [4.69, 9.17) is 16.7 Å². The van der Waals surface area contributed by atoms with Crippen molar-refractivity contribution in [2.24, 2.45) is 0 Å². The molecule has 0 atom stereocenters. The van der Waals surface area contributed by atoms with Gasteiger partial charge >= 0.3 is 5.97 Å². The molecule has 7 heteroatoms. The molecule has 0 spiro atoms. The summed E-state index contributed by atoms with van der Waals surface area (Å²) in [5.74, 6) is -1.13. The lowest BCUT2D eigenvalue weighted by Gasteiger charge is -2.04. The highest BCUT2D eigenvalue weighted by atomic mass is 35.5. The molecule has 0 bridgehead atoms. The fourth-order valence-corrected chi connectivity index (χ4v) is 2.81. The summed E-state index contributed by atoms with van der Waals surface area (Å²) in [4.78, 5) is 22.3. The van der Waals surface area contributed by atoms with Crippen LogP contribution in [0.15, 0.2) is 52.3 Å². The van der Waals surface area contributed by atoms with E-state index in [1.807, 2.05) is 0 Å². The van der Waals surface area contributed by atoms with Gasteiger partial charge < -0.3 is 5.11 Å². The van der Waals surface area contributed by atoms with Crippen LogP contribution >= 0.6 is 23.4 Å². The Morgan fingerprint density at radius 3 is 2.60 bits per heavy atom. The number of rotatable bonds is 4. The van der Waals surface area contributed by atoms with Gasteiger partial charge in [0.15, 0.2) is 0 Å². The second-order valence-electron chi connectivity index (χ2n) is 3.80. The molecule has 0 unspecified atom stereocenters. The average molecular weight is 310 g/mol. The Bertz CT molecular complexity index is 690. The van der Waals surface area contributed by atoms with Gasteiger partial charge in [0.05, 0.1) is 15.4 Å². The topological polar surface area (TPSA) is 80.4 Å². The van der Waals surface area contributed by atoms with E-state index in [0.717, 1.165) is 11.8 Å². The second-order valence-corrected chi connectivity index (χ2v) is 5.36. The van der Waals surface area contributed by atoms with E-state index in [0.29, 0.717) is 9.92 Å². The van der Waals surface area contributed by atoms with Gasteiger partial charge in [0.25, 0.3) is 5.69 Å². The Labute approximate surface area is 123 Å². The van der Waals surface area contributed by atoms with Crippen molar-refractivity contribution in [3.8, 4) is 0 Å². The molecule has 20 heavy (non-hydrogen) atoms. The molecule has 0 amide bonds. The molecular weight excluding hydrogens is 302 g/mol. The van der Waals surface area contributed by atoms with Crippen molar-refractivity contribution in [3.05, 3.63) is 63.2 Å². The predicted molar refractivity (Wildman–Crippen MR) is 75.6 cm³/mol. The SMILES string of the molecule is O=C(O)c1ccc([N+](=O)[O-])c(Sc2cccc(Cl)c2)c1. The second kappa shape index (κ2) is 5.94. The molecule has 0 aliphatic rings. The molecule has 0 aromatic heterocycles. The maximum Gasteiger partial charge on any atom is 0.335 e. The number of carboxylic acid groups (broad SMARTS) is 1. The standard InChI is InChI=1S/C13H8ClNO4S/c14-9-2-1-3-10(7-9)20-12-6-8(13(16)17)4-5-11(12)15(18)19/h1-7H,(H,16,17). The first-order valence-electron chi connectivity index (χ1n) is 5.42. The minimum atomic E-state index is -1.13. The molecule has 2 aromatic carbocycles. The number of carbonyl (C=O) groups is 1. The molecule has 1 N–H and O–H groups in total. The lowest BCUT2D eigenvalue weighted by molar-refractivity contribution is -0.387. The van der Waals surface area contributed by atoms with Gasteiger partial charge in [0.2, 0.25) is 0 Å². The number of aromatic carboxylic acids is 1. The fourth-order valence-electron chi connectivity index (χ4n) is 1.54. The minimum absolute atomic E-state index is 0.000119. The molecule has 2 rings (SSSR count). The maximum atomic E-state index is 11.0. The van der Waals surface area contributed by atoms with Crippen LogP contribution in [0.25, 0.3) is 0 Å². The molecule has 0 fully saturated rings. The third kappa shape index (κ3) is 3.28. The molecule has 0 saturated heterocycles. The fraction of sp³-hybridized carbons (Fsp3) is 0. The quantitative estimate of drug-likeness (QED) is 0.679. The molecule has 0 radical (unpaired) electrons. The van der Waals surface area contributed by atoms with Crippen LogP contribution in [0, 0.1) is 10.1 Å². The first kappa shape index (κ1) is 14.4. The summed E-state index contributed by atoms with van der Waals surface area (Å²) < 4.78 is 0. The number of halogens is 1. The number of nitro groups is 1. The lowest BCUT2D eigenvalue weighted by atomic mass is 10.2. The number of nitrogens with zero attached hydrogens (tertiary/aromatic N) is 1. The number of benzene rings is 2. The molecule has 2 aromatic rings. The Hall–Kier alpha value is -2.05. The van der Waals surface area contributed by atoms with Crippen molar-refractivity contribution in [2.75, 3.05) is 0 Å². The Balaban J connectivity index is 2.44. The highest BCUT2D eigenvalue weighted by Gasteiger charge is 2.17.